The Balaban J connectivity index is 1.96. The molecule has 2 fully saturated rings. The van der Waals surface area contributed by atoms with Gasteiger partial charge in [0, 0.05) is 13.3 Å². The molecule has 3 heteroatoms. The van der Waals surface area contributed by atoms with Gasteiger partial charge in [0.05, 0.1) is 0 Å². The van der Waals surface area contributed by atoms with Crippen LogP contribution in [0.4, 0.5) is 0 Å². The number of esters is 1. The van der Waals surface area contributed by atoms with Gasteiger partial charge in [-0.2, -0.15) is 0 Å². The van der Waals surface area contributed by atoms with Crippen molar-refractivity contribution in [2.45, 2.75) is 44.5 Å². The molecule has 0 spiro atoms. The largest absolute Gasteiger partial charge is 0.430 e. The smallest absolute Gasteiger partial charge is 0.305 e. The Bertz CT molecular complexity index is 190. The Morgan fingerprint density at radius 1 is 1.64 bits per heavy atom. The Morgan fingerprint density at radius 3 is 3.09 bits per heavy atom. The van der Waals surface area contributed by atoms with Gasteiger partial charge in [0.15, 0.2) is 0 Å². The van der Waals surface area contributed by atoms with Gasteiger partial charge in [0.2, 0.25) is 5.79 Å². The molecule has 0 amide bonds. The summed E-state index contributed by atoms with van der Waals surface area (Å²) in [7, 11) is 0. The molecule has 0 aromatic carbocycles. The first-order valence-electron chi connectivity index (χ1n) is 4.10. The highest BCUT2D eigenvalue weighted by Gasteiger charge is 2.60. The van der Waals surface area contributed by atoms with Crippen LogP contribution in [0.5, 0.6) is 0 Å². The highest BCUT2D eigenvalue weighted by atomic mass is 16.8. The molecule has 0 aromatic heterocycles. The van der Waals surface area contributed by atoms with Gasteiger partial charge in [-0.1, -0.05) is 6.42 Å². The van der Waals surface area contributed by atoms with E-state index in [4.69, 9.17) is 9.47 Å². The number of hydrogen-bond acceptors (Lipinski definition) is 3. The van der Waals surface area contributed by atoms with Gasteiger partial charge in [-0.3, -0.25) is 4.79 Å². The second-order valence-electron chi connectivity index (χ2n) is 3.26. The molecular weight excluding hydrogens is 144 g/mol. The minimum atomic E-state index is -0.482. The molecule has 0 unspecified atom stereocenters. The first-order valence-corrected chi connectivity index (χ1v) is 4.10. The molecule has 2 atom stereocenters. The van der Waals surface area contributed by atoms with Gasteiger partial charge in [-0.15, -0.1) is 0 Å². The van der Waals surface area contributed by atoms with E-state index in [1.807, 2.05) is 0 Å². The first-order chi connectivity index (χ1) is 5.23. The third-order valence-electron chi connectivity index (χ3n) is 2.33. The van der Waals surface area contributed by atoms with Crippen molar-refractivity contribution in [2.24, 2.45) is 0 Å². The van der Waals surface area contributed by atoms with Crippen LogP contribution in [0.15, 0.2) is 0 Å². The van der Waals surface area contributed by atoms with Crippen LogP contribution < -0.4 is 0 Å². The molecule has 1 aliphatic carbocycles. The summed E-state index contributed by atoms with van der Waals surface area (Å²) in [5.41, 5.74) is 0. The fourth-order valence-electron chi connectivity index (χ4n) is 1.79. The number of carbonyl (C=O) groups is 1. The lowest BCUT2D eigenvalue weighted by Crippen LogP contribution is -2.25. The third-order valence-corrected chi connectivity index (χ3v) is 2.33. The zero-order valence-electron chi connectivity index (χ0n) is 6.63. The van der Waals surface area contributed by atoms with Gasteiger partial charge in [0.1, 0.15) is 6.10 Å². The Kier molecular flexibility index (Phi) is 1.42. The number of hydrogen-bond donors (Lipinski definition) is 0. The zero-order chi connectivity index (χ0) is 7.90. The van der Waals surface area contributed by atoms with E-state index in [1.54, 1.807) is 0 Å². The lowest BCUT2D eigenvalue weighted by atomic mass is 9.98. The van der Waals surface area contributed by atoms with E-state index in [9.17, 15) is 4.79 Å². The van der Waals surface area contributed by atoms with Crippen molar-refractivity contribution >= 4 is 5.97 Å². The lowest BCUT2D eigenvalue weighted by Gasteiger charge is -2.16. The van der Waals surface area contributed by atoms with Crippen molar-refractivity contribution in [2.75, 3.05) is 0 Å². The van der Waals surface area contributed by atoms with Crippen molar-refractivity contribution in [3.05, 3.63) is 0 Å². The molecule has 11 heavy (non-hydrogen) atoms. The molecule has 0 bridgehead atoms. The minimum absolute atomic E-state index is 0.208. The summed E-state index contributed by atoms with van der Waals surface area (Å²) in [5.74, 6) is -0.709. The number of carbonyl (C=O) groups excluding carboxylic acids is 1. The van der Waals surface area contributed by atoms with E-state index in [-0.39, 0.29) is 12.1 Å². The van der Waals surface area contributed by atoms with Gasteiger partial charge < -0.3 is 9.47 Å². The molecule has 0 N–H and O–H groups in total. The van der Waals surface area contributed by atoms with Crippen LogP contribution in [0.3, 0.4) is 0 Å². The monoisotopic (exact) mass is 156 g/mol. The molecule has 0 aromatic rings. The normalized spacial score (nSPS) is 41.0. The summed E-state index contributed by atoms with van der Waals surface area (Å²) >= 11 is 0. The van der Waals surface area contributed by atoms with Gasteiger partial charge in [-0.25, -0.2) is 0 Å². The SMILES string of the molecule is CC(=O)O[C@]12CCCC[C@@H]1O2. The standard InChI is InChI=1S/C8H12O3/c1-6(9)10-8-5-3-2-4-7(8)11-8/h7H,2-5H2,1H3/t7-,8-/m0/s1. The second kappa shape index (κ2) is 2.21. The fourth-order valence-corrected chi connectivity index (χ4v) is 1.79. The van der Waals surface area contributed by atoms with Crippen molar-refractivity contribution in [3.8, 4) is 0 Å². The van der Waals surface area contributed by atoms with Crippen LogP contribution in [0.2, 0.25) is 0 Å². The Morgan fingerprint density at radius 2 is 2.45 bits per heavy atom. The van der Waals surface area contributed by atoms with Crippen molar-refractivity contribution in [1.82, 2.24) is 0 Å². The predicted molar refractivity (Wildman–Crippen MR) is 37.8 cm³/mol. The van der Waals surface area contributed by atoms with Crippen LogP contribution in [-0.4, -0.2) is 17.9 Å². The molecule has 3 nitrogen and oxygen atoms in total. The predicted octanol–water partition coefficient (Wildman–Crippen LogP) is 1.22. The molecule has 2 aliphatic rings. The summed E-state index contributed by atoms with van der Waals surface area (Å²) in [5, 5.41) is 0. The van der Waals surface area contributed by atoms with Gasteiger partial charge in [-0.05, 0) is 12.8 Å². The molecule has 2 rings (SSSR count). The van der Waals surface area contributed by atoms with E-state index in [0.717, 1.165) is 19.3 Å². The van der Waals surface area contributed by atoms with E-state index >= 15 is 0 Å². The molecule has 1 heterocycles. The molecule has 62 valence electrons. The van der Waals surface area contributed by atoms with Crippen molar-refractivity contribution in [1.29, 1.82) is 0 Å². The van der Waals surface area contributed by atoms with E-state index in [0.29, 0.717) is 0 Å². The van der Waals surface area contributed by atoms with Crippen molar-refractivity contribution < 1.29 is 14.3 Å². The summed E-state index contributed by atoms with van der Waals surface area (Å²) in [6.07, 6.45) is 4.46. The maximum Gasteiger partial charge on any atom is 0.305 e. The van der Waals surface area contributed by atoms with Crippen LogP contribution in [0, 0.1) is 0 Å². The van der Waals surface area contributed by atoms with Crippen LogP contribution in [-0.2, 0) is 14.3 Å². The fraction of sp³-hybridized carbons (Fsp3) is 0.875. The summed E-state index contributed by atoms with van der Waals surface area (Å²) in [6.45, 7) is 1.43. The quantitative estimate of drug-likeness (QED) is 0.423. The van der Waals surface area contributed by atoms with Gasteiger partial charge in [0.25, 0.3) is 0 Å². The molecule has 0 radical (unpaired) electrons. The number of rotatable bonds is 1. The van der Waals surface area contributed by atoms with Crippen molar-refractivity contribution in [3.63, 3.8) is 0 Å². The first kappa shape index (κ1) is 7.10. The Hall–Kier alpha value is -0.570. The summed E-state index contributed by atoms with van der Waals surface area (Å²) < 4.78 is 10.4. The maximum absolute atomic E-state index is 10.6. The summed E-state index contributed by atoms with van der Waals surface area (Å²) in [6, 6.07) is 0. The molecule has 1 saturated heterocycles. The van der Waals surface area contributed by atoms with E-state index in [2.05, 4.69) is 0 Å². The number of epoxide rings is 1. The summed E-state index contributed by atoms with van der Waals surface area (Å²) in [4.78, 5) is 10.6. The van der Waals surface area contributed by atoms with Crippen LogP contribution >= 0.6 is 0 Å². The van der Waals surface area contributed by atoms with E-state index in [1.165, 1.54) is 13.3 Å². The third kappa shape index (κ3) is 1.13. The van der Waals surface area contributed by atoms with E-state index < -0.39 is 5.79 Å². The molecule has 1 aliphatic heterocycles. The number of fused-ring (bicyclic) bond motifs is 1. The Labute approximate surface area is 65.7 Å². The lowest BCUT2D eigenvalue weighted by molar-refractivity contribution is -0.157. The average Bonchev–Trinajstić information content (AvgIpc) is 2.59. The highest BCUT2D eigenvalue weighted by molar-refractivity contribution is 5.66. The topological polar surface area (TPSA) is 38.8 Å². The number of ether oxygens (including phenoxy) is 2. The molecule has 1 saturated carbocycles. The zero-order valence-corrected chi connectivity index (χ0v) is 6.63. The maximum atomic E-state index is 10.6. The van der Waals surface area contributed by atoms with Gasteiger partial charge >= 0.3 is 5.97 Å². The highest BCUT2D eigenvalue weighted by Crippen LogP contribution is 2.48. The van der Waals surface area contributed by atoms with Crippen LogP contribution in [0.1, 0.15) is 32.6 Å². The average molecular weight is 156 g/mol. The second-order valence-corrected chi connectivity index (χ2v) is 3.26. The molecular formula is C8H12O3. The van der Waals surface area contributed by atoms with Crippen LogP contribution in [0.25, 0.3) is 0 Å². The minimum Gasteiger partial charge on any atom is -0.430 e.